The zero-order chi connectivity index (χ0) is 13.7. The summed E-state index contributed by atoms with van der Waals surface area (Å²) >= 11 is 5.83. The summed E-state index contributed by atoms with van der Waals surface area (Å²) < 4.78 is 11.2. The van der Waals surface area contributed by atoms with Gasteiger partial charge in [-0.05, 0) is 30.3 Å². The zero-order valence-electron chi connectivity index (χ0n) is 11.2. The molecule has 0 radical (unpaired) electrons. The van der Waals surface area contributed by atoms with E-state index in [1.807, 2.05) is 30.3 Å². The van der Waals surface area contributed by atoms with E-state index < -0.39 is 0 Å². The van der Waals surface area contributed by atoms with Crippen LogP contribution in [0.5, 0.6) is 5.75 Å². The van der Waals surface area contributed by atoms with E-state index in [0.29, 0.717) is 24.2 Å². The summed E-state index contributed by atoms with van der Waals surface area (Å²) in [6, 6.07) is 9.70. The van der Waals surface area contributed by atoms with Crippen LogP contribution < -0.4 is 10.1 Å². The molecule has 1 aromatic carbocycles. The van der Waals surface area contributed by atoms with Gasteiger partial charge in [-0.2, -0.15) is 0 Å². The summed E-state index contributed by atoms with van der Waals surface area (Å²) in [6.45, 7) is 5.41. The van der Waals surface area contributed by atoms with Crippen LogP contribution in [0.2, 0.25) is 5.02 Å². The normalized spacial score (nSPS) is 10.9. The number of nitrogens with one attached hydrogen (secondary N) is 1. The average Bonchev–Trinajstić information content (AvgIpc) is 2.83. The first-order valence-electron chi connectivity index (χ1n) is 6.32. The quantitative estimate of drug-likeness (QED) is 0.867. The van der Waals surface area contributed by atoms with E-state index in [1.165, 1.54) is 0 Å². The predicted octanol–water partition coefficient (Wildman–Crippen LogP) is 4.01. The molecule has 0 aliphatic carbocycles. The van der Waals surface area contributed by atoms with Crippen LogP contribution in [0.1, 0.15) is 25.2 Å². The highest BCUT2D eigenvalue weighted by atomic mass is 35.5. The first-order valence-corrected chi connectivity index (χ1v) is 6.70. The van der Waals surface area contributed by atoms with Crippen LogP contribution >= 0.6 is 11.6 Å². The molecule has 0 saturated carbocycles. The van der Waals surface area contributed by atoms with Gasteiger partial charge in [-0.1, -0.05) is 25.4 Å². The lowest BCUT2D eigenvalue weighted by atomic mass is 10.2. The van der Waals surface area contributed by atoms with Crippen molar-refractivity contribution in [1.82, 2.24) is 5.32 Å². The Labute approximate surface area is 118 Å². The van der Waals surface area contributed by atoms with E-state index in [4.69, 9.17) is 20.8 Å². The second-order valence-corrected chi connectivity index (χ2v) is 5.08. The topological polar surface area (TPSA) is 34.4 Å². The third kappa shape index (κ3) is 4.30. The number of furan rings is 1. The number of hydrogen-bond acceptors (Lipinski definition) is 3. The van der Waals surface area contributed by atoms with Crippen LogP contribution in [0.4, 0.5) is 0 Å². The fourth-order valence-corrected chi connectivity index (χ4v) is 1.77. The highest BCUT2D eigenvalue weighted by Crippen LogP contribution is 2.18. The Balaban J connectivity index is 1.92. The number of halogens is 1. The maximum atomic E-state index is 5.83. The fourth-order valence-electron chi connectivity index (χ4n) is 1.64. The van der Waals surface area contributed by atoms with Gasteiger partial charge in [0.2, 0.25) is 0 Å². The molecule has 0 aliphatic rings. The zero-order valence-corrected chi connectivity index (χ0v) is 11.9. The Bertz CT molecular complexity index is 505. The largest absolute Gasteiger partial charge is 0.489 e. The van der Waals surface area contributed by atoms with Gasteiger partial charge in [-0.25, -0.2) is 0 Å². The monoisotopic (exact) mass is 279 g/mol. The SMILES string of the molecule is CC(C)NCc1occc1COc1ccc(Cl)cc1. The molecule has 4 heteroatoms. The van der Waals surface area contributed by atoms with Gasteiger partial charge in [0.25, 0.3) is 0 Å². The molecule has 19 heavy (non-hydrogen) atoms. The fraction of sp³-hybridized carbons (Fsp3) is 0.333. The van der Waals surface area contributed by atoms with Crippen molar-refractivity contribution in [3.63, 3.8) is 0 Å². The molecule has 2 rings (SSSR count). The van der Waals surface area contributed by atoms with Crippen molar-refractivity contribution in [2.24, 2.45) is 0 Å². The molecule has 0 fully saturated rings. The summed E-state index contributed by atoms with van der Waals surface area (Å²) in [7, 11) is 0. The number of hydrogen-bond donors (Lipinski definition) is 1. The van der Waals surface area contributed by atoms with Crippen molar-refractivity contribution in [3.8, 4) is 5.75 Å². The van der Waals surface area contributed by atoms with Gasteiger partial charge in [0.15, 0.2) is 0 Å². The average molecular weight is 280 g/mol. The number of ether oxygens (including phenoxy) is 1. The van der Waals surface area contributed by atoms with E-state index in [2.05, 4.69) is 19.2 Å². The van der Waals surface area contributed by atoms with Crippen molar-refractivity contribution in [2.45, 2.75) is 33.0 Å². The first kappa shape index (κ1) is 14.0. The molecule has 0 saturated heterocycles. The van der Waals surface area contributed by atoms with Crippen LogP contribution in [-0.4, -0.2) is 6.04 Å². The third-order valence-electron chi connectivity index (χ3n) is 2.72. The summed E-state index contributed by atoms with van der Waals surface area (Å²) in [6.07, 6.45) is 1.69. The molecule has 1 heterocycles. The van der Waals surface area contributed by atoms with Gasteiger partial charge in [-0.15, -0.1) is 0 Å². The van der Waals surface area contributed by atoms with Crippen LogP contribution in [-0.2, 0) is 13.2 Å². The van der Waals surface area contributed by atoms with Crippen molar-refractivity contribution in [1.29, 1.82) is 0 Å². The number of rotatable bonds is 6. The lowest BCUT2D eigenvalue weighted by Crippen LogP contribution is -2.22. The Hall–Kier alpha value is -1.45. The first-order chi connectivity index (χ1) is 9.15. The standard InChI is InChI=1S/C15H18ClNO2/c1-11(2)17-9-15-12(7-8-18-15)10-19-14-5-3-13(16)4-6-14/h3-8,11,17H,9-10H2,1-2H3. The van der Waals surface area contributed by atoms with Crippen LogP contribution in [0.15, 0.2) is 41.0 Å². The van der Waals surface area contributed by atoms with Crippen molar-refractivity contribution in [2.75, 3.05) is 0 Å². The molecular weight excluding hydrogens is 262 g/mol. The van der Waals surface area contributed by atoms with Gasteiger partial charge in [0, 0.05) is 16.6 Å². The van der Waals surface area contributed by atoms with Crippen molar-refractivity contribution in [3.05, 3.63) is 52.9 Å². The Morgan fingerprint density at radius 1 is 1.21 bits per heavy atom. The summed E-state index contributed by atoms with van der Waals surface area (Å²) in [5.74, 6) is 1.72. The molecule has 0 spiro atoms. The second-order valence-electron chi connectivity index (χ2n) is 4.65. The molecule has 0 amide bonds. The van der Waals surface area contributed by atoms with E-state index in [9.17, 15) is 0 Å². The van der Waals surface area contributed by atoms with Gasteiger partial charge in [0.05, 0.1) is 12.8 Å². The lowest BCUT2D eigenvalue weighted by Gasteiger charge is -2.09. The predicted molar refractivity (Wildman–Crippen MR) is 76.5 cm³/mol. The second kappa shape index (κ2) is 6.64. The summed E-state index contributed by atoms with van der Waals surface area (Å²) in [5, 5.41) is 4.03. The molecule has 0 aliphatic heterocycles. The molecule has 1 N–H and O–H groups in total. The molecule has 0 unspecified atom stereocenters. The van der Waals surface area contributed by atoms with Crippen LogP contribution in [0.25, 0.3) is 0 Å². The number of benzene rings is 1. The molecule has 2 aromatic rings. The minimum Gasteiger partial charge on any atom is -0.489 e. The van der Waals surface area contributed by atoms with Gasteiger partial charge < -0.3 is 14.5 Å². The van der Waals surface area contributed by atoms with Gasteiger partial charge in [0.1, 0.15) is 18.1 Å². The summed E-state index contributed by atoms with van der Waals surface area (Å²) in [5.41, 5.74) is 1.06. The van der Waals surface area contributed by atoms with Crippen LogP contribution in [0.3, 0.4) is 0 Å². The molecule has 1 aromatic heterocycles. The van der Waals surface area contributed by atoms with Crippen molar-refractivity contribution < 1.29 is 9.15 Å². The highest BCUT2D eigenvalue weighted by molar-refractivity contribution is 6.30. The van der Waals surface area contributed by atoms with E-state index >= 15 is 0 Å². The van der Waals surface area contributed by atoms with Crippen LogP contribution in [0, 0.1) is 0 Å². The van der Waals surface area contributed by atoms with E-state index in [0.717, 1.165) is 17.1 Å². The minimum atomic E-state index is 0.426. The van der Waals surface area contributed by atoms with Crippen molar-refractivity contribution >= 4 is 11.6 Å². The smallest absolute Gasteiger partial charge is 0.124 e. The molecular formula is C15H18ClNO2. The Kier molecular flexibility index (Phi) is 4.88. The van der Waals surface area contributed by atoms with Gasteiger partial charge >= 0.3 is 0 Å². The van der Waals surface area contributed by atoms with E-state index in [-0.39, 0.29) is 0 Å². The maximum Gasteiger partial charge on any atom is 0.124 e. The minimum absolute atomic E-state index is 0.426. The summed E-state index contributed by atoms with van der Waals surface area (Å²) in [4.78, 5) is 0. The Morgan fingerprint density at radius 3 is 2.63 bits per heavy atom. The van der Waals surface area contributed by atoms with E-state index in [1.54, 1.807) is 6.26 Å². The molecule has 0 atom stereocenters. The molecule has 3 nitrogen and oxygen atoms in total. The van der Waals surface area contributed by atoms with Gasteiger partial charge in [-0.3, -0.25) is 0 Å². The Morgan fingerprint density at radius 2 is 1.95 bits per heavy atom. The lowest BCUT2D eigenvalue weighted by molar-refractivity contribution is 0.301. The maximum absolute atomic E-state index is 5.83. The highest BCUT2D eigenvalue weighted by Gasteiger charge is 2.07. The third-order valence-corrected chi connectivity index (χ3v) is 2.97. The molecule has 0 bridgehead atoms. The molecule has 102 valence electrons.